The third-order valence-corrected chi connectivity index (χ3v) is 3.80. The summed E-state index contributed by atoms with van der Waals surface area (Å²) in [5, 5.41) is 6.14. The van der Waals surface area contributed by atoms with Crippen LogP contribution < -0.4 is 4.72 Å². The number of carbonyl (C=O) groups excluding carboxylic acids is 1. The SMILES string of the molecule is CCOC(=O)c1ccc(S(=O)(=O)Nc2ccn[nH]2)cc1. The Morgan fingerprint density at radius 2 is 2.00 bits per heavy atom. The Kier molecular flexibility index (Phi) is 4.04. The number of hydrogen-bond donors (Lipinski definition) is 2. The standard InChI is InChI=1S/C12H13N3O4S/c1-2-19-12(16)9-3-5-10(6-4-9)20(17,18)15-11-7-8-13-14-11/h3-8H,2H2,1H3,(H2,13,14,15). The van der Waals surface area contributed by atoms with E-state index in [1.165, 1.54) is 36.5 Å². The predicted molar refractivity (Wildman–Crippen MR) is 71.8 cm³/mol. The lowest BCUT2D eigenvalue weighted by Gasteiger charge is -2.06. The van der Waals surface area contributed by atoms with Gasteiger partial charge in [0.05, 0.1) is 23.3 Å². The summed E-state index contributed by atoms with van der Waals surface area (Å²) < 4.78 is 31.2. The fraction of sp³-hybridized carbons (Fsp3) is 0.167. The number of hydrogen-bond acceptors (Lipinski definition) is 5. The van der Waals surface area contributed by atoms with Crippen LogP contribution in [-0.4, -0.2) is 31.2 Å². The molecule has 8 heteroatoms. The smallest absolute Gasteiger partial charge is 0.338 e. The lowest BCUT2D eigenvalue weighted by atomic mass is 10.2. The number of esters is 1. The first-order chi connectivity index (χ1) is 9.53. The van der Waals surface area contributed by atoms with Crippen molar-refractivity contribution < 1.29 is 17.9 Å². The first-order valence-corrected chi connectivity index (χ1v) is 7.30. The number of sulfonamides is 1. The van der Waals surface area contributed by atoms with Gasteiger partial charge in [-0.1, -0.05) is 0 Å². The molecule has 0 amide bonds. The van der Waals surface area contributed by atoms with Gasteiger partial charge in [-0.2, -0.15) is 5.10 Å². The quantitative estimate of drug-likeness (QED) is 0.812. The lowest BCUT2D eigenvalue weighted by Crippen LogP contribution is -2.13. The van der Waals surface area contributed by atoms with Crippen molar-refractivity contribution in [3.63, 3.8) is 0 Å². The van der Waals surface area contributed by atoms with Gasteiger partial charge in [0, 0.05) is 6.07 Å². The summed E-state index contributed by atoms with van der Waals surface area (Å²) in [6.45, 7) is 1.96. The van der Waals surface area contributed by atoms with E-state index in [-0.39, 0.29) is 17.3 Å². The largest absolute Gasteiger partial charge is 0.462 e. The van der Waals surface area contributed by atoms with Crippen molar-refractivity contribution in [2.75, 3.05) is 11.3 Å². The number of H-pyrrole nitrogens is 1. The fourth-order valence-corrected chi connectivity index (χ4v) is 2.52. The summed E-state index contributed by atoms with van der Waals surface area (Å²) in [5.41, 5.74) is 0.298. The Morgan fingerprint density at radius 1 is 1.30 bits per heavy atom. The molecule has 20 heavy (non-hydrogen) atoms. The Labute approximate surface area is 116 Å². The second-order valence-corrected chi connectivity index (χ2v) is 5.50. The molecular formula is C12H13N3O4S. The lowest BCUT2D eigenvalue weighted by molar-refractivity contribution is 0.0526. The minimum Gasteiger partial charge on any atom is -0.462 e. The summed E-state index contributed by atoms with van der Waals surface area (Å²) in [5.74, 6) is -0.225. The molecule has 0 saturated heterocycles. The monoisotopic (exact) mass is 295 g/mol. The summed E-state index contributed by atoms with van der Waals surface area (Å²) in [6, 6.07) is 6.97. The first-order valence-electron chi connectivity index (χ1n) is 5.82. The molecule has 0 spiro atoms. The van der Waals surface area contributed by atoms with Crippen molar-refractivity contribution >= 4 is 21.8 Å². The number of anilines is 1. The van der Waals surface area contributed by atoms with Gasteiger partial charge in [-0.3, -0.25) is 9.82 Å². The summed E-state index contributed by atoms with van der Waals surface area (Å²) >= 11 is 0. The number of nitrogens with one attached hydrogen (secondary N) is 2. The molecule has 2 N–H and O–H groups in total. The van der Waals surface area contributed by atoms with Crippen LogP contribution in [0.4, 0.5) is 5.82 Å². The van der Waals surface area contributed by atoms with Crippen LogP contribution in [0, 0.1) is 0 Å². The second-order valence-electron chi connectivity index (χ2n) is 3.82. The molecule has 1 heterocycles. The zero-order chi connectivity index (χ0) is 14.6. The third kappa shape index (κ3) is 3.15. The van der Waals surface area contributed by atoms with E-state index in [2.05, 4.69) is 14.9 Å². The van der Waals surface area contributed by atoms with Crippen molar-refractivity contribution in [1.29, 1.82) is 0 Å². The van der Waals surface area contributed by atoms with Gasteiger partial charge in [0.2, 0.25) is 0 Å². The van der Waals surface area contributed by atoms with Crippen molar-refractivity contribution in [2.45, 2.75) is 11.8 Å². The molecule has 0 bridgehead atoms. The van der Waals surface area contributed by atoms with E-state index in [1.807, 2.05) is 0 Å². The van der Waals surface area contributed by atoms with Crippen molar-refractivity contribution in [2.24, 2.45) is 0 Å². The number of aromatic nitrogens is 2. The van der Waals surface area contributed by atoms with Gasteiger partial charge in [0.15, 0.2) is 0 Å². The van der Waals surface area contributed by atoms with Crippen LogP contribution in [0.3, 0.4) is 0 Å². The number of carbonyl (C=O) groups is 1. The highest BCUT2D eigenvalue weighted by molar-refractivity contribution is 7.92. The second kappa shape index (κ2) is 5.74. The molecule has 7 nitrogen and oxygen atoms in total. The van der Waals surface area contributed by atoms with E-state index >= 15 is 0 Å². The Morgan fingerprint density at radius 3 is 2.55 bits per heavy atom. The van der Waals surface area contributed by atoms with Gasteiger partial charge < -0.3 is 4.74 Å². The van der Waals surface area contributed by atoms with E-state index < -0.39 is 16.0 Å². The van der Waals surface area contributed by atoms with Crippen LogP contribution in [0.15, 0.2) is 41.4 Å². The minimum atomic E-state index is -3.71. The average Bonchev–Trinajstić information content (AvgIpc) is 2.91. The molecule has 0 radical (unpaired) electrons. The van der Waals surface area contributed by atoms with Gasteiger partial charge in [0.25, 0.3) is 10.0 Å². The molecule has 1 aromatic carbocycles. The molecule has 1 aromatic heterocycles. The molecular weight excluding hydrogens is 282 g/mol. The molecule has 0 aliphatic carbocycles. The molecule has 0 fully saturated rings. The summed E-state index contributed by atoms with van der Waals surface area (Å²) in [6.07, 6.45) is 1.43. The van der Waals surface area contributed by atoms with Crippen LogP contribution in [0.2, 0.25) is 0 Å². The van der Waals surface area contributed by atoms with Crippen LogP contribution in [0.1, 0.15) is 17.3 Å². The van der Waals surface area contributed by atoms with E-state index in [9.17, 15) is 13.2 Å². The highest BCUT2D eigenvalue weighted by atomic mass is 32.2. The number of rotatable bonds is 5. The molecule has 0 unspecified atom stereocenters. The van der Waals surface area contributed by atoms with Gasteiger partial charge in [0.1, 0.15) is 5.82 Å². The van der Waals surface area contributed by atoms with Crippen molar-refractivity contribution in [3.8, 4) is 0 Å². The third-order valence-electron chi connectivity index (χ3n) is 2.42. The van der Waals surface area contributed by atoms with Crippen molar-refractivity contribution in [1.82, 2.24) is 10.2 Å². The maximum atomic E-state index is 12.0. The van der Waals surface area contributed by atoms with E-state index in [0.29, 0.717) is 5.56 Å². The Hall–Kier alpha value is -2.35. The van der Waals surface area contributed by atoms with Crippen LogP contribution in [0.5, 0.6) is 0 Å². The molecule has 106 valence electrons. The number of nitrogens with zero attached hydrogens (tertiary/aromatic N) is 1. The normalized spacial score (nSPS) is 11.1. The Balaban J connectivity index is 2.19. The van der Waals surface area contributed by atoms with Gasteiger partial charge in [-0.25, -0.2) is 13.2 Å². The average molecular weight is 295 g/mol. The maximum Gasteiger partial charge on any atom is 0.338 e. The van der Waals surface area contributed by atoms with Crippen LogP contribution in [0.25, 0.3) is 0 Å². The summed E-state index contributed by atoms with van der Waals surface area (Å²) in [4.78, 5) is 11.5. The van der Waals surface area contributed by atoms with Crippen LogP contribution >= 0.6 is 0 Å². The molecule has 0 aliphatic rings. The molecule has 2 aromatic rings. The highest BCUT2D eigenvalue weighted by Gasteiger charge is 2.15. The van der Waals surface area contributed by atoms with E-state index in [0.717, 1.165) is 0 Å². The number of ether oxygens (including phenoxy) is 1. The van der Waals surface area contributed by atoms with Gasteiger partial charge in [-0.15, -0.1) is 0 Å². The zero-order valence-corrected chi connectivity index (χ0v) is 11.5. The Bertz CT molecular complexity index is 678. The molecule has 0 aliphatic heterocycles. The fourth-order valence-electron chi connectivity index (χ4n) is 1.50. The number of benzene rings is 1. The van der Waals surface area contributed by atoms with E-state index in [4.69, 9.17) is 4.74 Å². The maximum absolute atomic E-state index is 12.0. The van der Waals surface area contributed by atoms with Crippen LogP contribution in [-0.2, 0) is 14.8 Å². The molecule has 2 rings (SSSR count). The zero-order valence-electron chi connectivity index (χ0n) is 10.7. The van der Waals surface area contributed by atoms with Gasteiger partial charge in [-0.05, 0) is 31.2 Å². The summed E-state index contributed by atoms with van der Waals surface area (Å²) in [7, 11) is -3.71. The number of aromatic amines is 1. The topological polar surface area (TPSA) is 101 Å². The van der Waals surface area contributed by atoms with Crippen molar-refractivity contribution in [3.05, 3.63) is 42.1 Å². The highest BCUT2D eigenvalue weighted by Crippen LogP contribution is 2.15. The minimum absolute atomic E-state index is 0.0418. The van der Waals surface area contributed by atoms with E-state index in [1.54, 1.807) is 6.92 Å². The van der Waals surface area contributed by atoms with Gasteiger partial charge >= 0.3 is 5.97 Å². The molecule has 0 saturated carbocycles. The predicted octanol–water partition coefficient (Wildman–Crippen LogP) is 1.39. The molecule has 0 atom stereocenters. The first kappa shape index (κ1) is 14.1.